The molecule has 3 heteroatoms. The molecule has 0 radical (unpaired) electrons. The third kappa shape index (κ3) is 4.45. The number of amidine groups is 1. The summed E-state index contributed by atoms with van der Waals surface area (Å²) in [4.78, 5) is 4.66. The van der Waals surface area contributed by atoms with Crippen molar-refractivity contribution in [3.63, 3.8) is 0 Å². The highest BCUT2D eigenvalue weighted by molar-refractivity contribution is 7.98. The van der Waals surface area contributed by atoms with E-state index in [0.717, 1.165) is 29.4 Å². The van der Waals surface area contributed by atoms with Crippen molar-refractivity contribution in [2.45, 2.75) is 0 Å². The molecule has 0 saturated heterocycles. The second kappa shape index (κ2) is 7.64. The van der Waals surface area contributed by atoms with E-state index in [0.29, 0.717) is 0 Å². The highest BCUT2D eigenvalue weighted by atomic mass is 32.2. The second-order valence-electron chi connectivity index (χ2n) is 4.08. The lowest BCUT2D eigenvalue weighted by Crippen LogP contribution is -2.14. The Hall–Kier alpha value is -1.74. The SMILES string of the molecule is CSCCN=C(Nc1ccccc1)c1ccccc1. The van der Waals surface area contributed by atoms with E-state index < -0.39 is 0 Å². The minimum absolute atomic E-state index is 0.825. The summed E-state index contributed by atoms with van der Waals surface area (Å²) in [5, 5.41) is 3.39. The van der Waals surface area contributed by atoms with Crippen LogP contribution in [-0.4, -0.2) is 24.4 Å². The van der Waals surface area contributed by atoms with Crippen molar-refractivity contribution in [3.05, 3.63) is 66.2 Å². The average Bonchev–Trinajstić information content (AvgIpc) is 2.48. The van der Waals surface area contributed by atoms with Crippen LogP contribution in [0.1, 0.15) is 5.56 Å². The third-order valence-corrected chi connectivity index (χ3v) is 3.24. The van der Waals surface area contributed by atoms with E-state index in [9.17, 15) is 0 Å². The fourth-order valence-electron chi connectivity index (χ4n) is 1.71. The summed E-state index contributed by atoms with van der Waals surface area (Å²) in [7, 11) is 0. The van der Waals surface area contributed by atoms with Crippen LogP contribution < -0.4 is 5.32 Å². The Morgan fingerprint density at radius 1 is 1.00 bits per heavy atom. The van der Waals surface area contributed by atoms with Crippen molar-refractivity contribution < 1.29 is 0 Å². The topological polar surface area (TPSA) is 24.4 Å². The number of nitrogens with zero attached hydrogens (tertiary/aromatic N) is 1. The molecular formula is C16H18N2S. The standard InChI is InChI=1S/C16H18N2S/c1-19-13-12-17-16(14-8-4-2-5-9-14)18-15-10-6-3-7-11-15/h2-11H,12-13H2,1H3,(H,17,18). The van der Waals surface area contributed by atoms with Gasteiger partial charge in [-0.1, -0.05) is 48.5 Å². The molecule has 0 amide bonds. The van der Waals surface area contributed by atoms with Crippen molar-refractivity contribution in [2.24, 2.45) is 4.99 Å². The Morgan fingerprint density at radius 3 is 2.26 bits per heavy atom. The first-order chi connectivity index (χ1) is 9.40. The molecule has 0 aromatic heterocycles. The monoisotopic (exact) mass is 270 g/mol. The Kier molecular flexibility index (Phi) is 5.50. The molecule has 98 valence electrons. The zero-order chi connectivity index (χ0) is 13.3. The van der Waals surface area contributed by atoms with Crippen LogP contribution >= 0.6 is 11.8 Å². The molecule has 2 aromatic rings. The second-order valence-corrected chi connectivity index (χ2v) is 5.07. The van der Waals surface area contributed by atoms with Crippen molar-refractivity contribution >= 4 is 23.3 Å². The molecule has 0 aliphatic carbocycles. The van der Waals surface area contributed by atoms with Gasteiger partial charge in [-0.15, -0.1) is 0 Å². The van der Waals surface area contributed by atoms with Crippen LogP contribution in [0.2, 0.25) is 0 Å². The molecule has 1 N–H and O–H groups in total. The fourth-order valence-corrected chi connectivity index (χ4v) is 1.98. The molecule has 0 aliphatic heterocycles. The first-order valence-corrected chi connectivity index (χ1v) is 7.70. The van der Waals surface area contributed by atoms with E-state index in [1.165, 1.54) is 0 Å². The summed E-state index contributed by atoms with van der Waals surface area (Å²) >= 11 is 1.81. The Morgan fingerprint density at radius 2 is 1.63 bits per heavy atom. The maximum absolute atomic E-state index is 4.66. The number of hydrogen-bond acceptors (Lipinski definition) is 2. The lowest BCUT2D eigenvalue weighted by molar-refractivity contribution is 1.14. The average molecular weight is 270 g/mol. The highest BCUT2D eigenvalue weighted by Gasteiger charge is 2.02. The number of rotatable bonds is 5. The van der Waals surface area contributed by atoms with Crippen molar-refractivity contribution in [3.8, 4) is 0 Å². The van der Waals surface area contributed by atoms with Crippen molar-refractivity contribution in [1.29, 1.82) is 0 Å². The minimum Gasteiger partial charge on any atom is -0.340 e. The molecule has 2 rings (SSSR count). The summed E-state index contributed by atoms with van der Waals surface area (Å²) in [6.07, 6.45) is 2.10. The number of thioether (sulfide) groups is 1. The molecule has 2 aromatic carbocycles. The van der Waals surface area contributed by atoms with E-state index in [4.69, 9.17) is 0 Å². The van der Waals surface area contributed by atoms with E-state index in [1.54, 1.807) is 0 Å². The molecule has 0 unspecified atom stereocenters. The maximum atomic E-state index is 4.66. The van der Waals surface area contributed by atoms with Gasteiger partial charge in [0.25, 0.3) is 0 Å². The lowest BCUT2D eigenvalue weighted by atomic mass is 10.2. The molecule has 19 heavy (non-hydrogen) atoms. The summed E-state index contributed by atoms with van der Waals surface area (Å²) in [5.41, 5.74) is 2.18. The lowest BCUT2D eigenvalue weighted by Gasteiger charge is -2.10. The van der Waals surface area contributed by atoms with Gasteiger partial charge in [-0.05, 0) is 18.4 Å². The Labute approximate surface area is 119 Å². The van der Waals surface area contributed by atoms with Gasteiger partial charge in [0.05, 0.1) is 6.54 Å². The van der Waals surface area contributed by atoms with Gasteiger partial charge >= 0.3 is 0 Å². The molecule has 0 fully saturated rings. The zero-order valence-electron chi connectivity index (χ0n) is 11.0. The first kappa shape index (κ1) is 13.7. The molecule has 0 spiro atoms. The zero-order valence-corrected chi connectivity index (χ0v) is 11.9. The molecular weight excluding hydrogens is 252 g/mol. The van der Waals surface area contributed by atoms with Crippen LogP contribution in [0, 0.1) is 0 Å². The molecule has 0 aliphatic rings. The Bertz CT molecular complexity index is 509. The van der Waals surface area contributed by atoms with Gasteiger partial charge in [-0.2, -0.15) is 11.8 Å². The number of aliphatic imine (C=N–C) groups is 1. The van der Waals surface area contributed by atoms with Crippen LogP contribution in [-0.2, 0) is 0 Å². The predicted molar refractivity (Wildman–Crippen MR) is 86.3 cm³/mol. The normalized spacial score (nSPS) is 11.3. The van der Waals surface area contributed by atoms with Gasteiger partial charge in [0, 0.05) is 17.0 Å². The van der Waals surface area contributed by atoms with Gasteiger partial charge < -0.3 is 5.32 Å². The molecule has 0 heterocycles. The number of anilines is 1. The van der Waals surface area contributed by atoms with Crippen molar-refractivity contribution in [2.75, 3.05) is 23.9 Å². The van der Waals surface area contributed by atoms with Gasteiger partial charge in [-0.25, -0.2) is 0 Å². The van der Waals surface area contributed by atoms with Crippen LogP contribution in [0.5, 0.6) is 0 Å². The van der Waals surface area contributed by atoms with E-state index >= 15 is 0 Å². The smallest absolute Gasteiger partial charge is 0.132 e. The van der Waals surface area contributed by atoms with Crippen LogP contribution in [0.4, 0.5) is 5.69 Å². The number of hydrogen-bond donors (Lipinski definition) is 1. The van der Waals surface area contributed by atoms with E-state index in [2.05, 4.69) is 28.7 Å². The summed E-state index contributed by atoms with van der Waals surface area (Å²) in [5.74, 6) is 1.97. The largest absolute Gasteiger partial charge is 0.340 e. The van der Waals surface area contributed by atoms with Crippen LogP contribution in [0.25, 0.3) is 0 Å². The highest BCUT2D eigenvalue weighted by Crippen LogP contribution is 2.09. The molecule has 0 saturated carbocycles. The quantitative estimate of drug-likeness (QED) is 0.506. The van der Waals surface area contributed by atoms with E-state index in [1.807, 2.05) is 60.3 Å². The van der Waals surface area contributed by atoms with Crippen LogP contribution in [0.15, 0.2) is 65.7 Å². The summed E-state index contributed by atoms with van der Waals surface area (Å²) in [6, 6.07) is 20.4. The maximum Gasteiger partial charge on any atom is 0.132 e. The molecule has 0 atom stereocenters. The number of benzene rings is 2. The Balaban J connectivity index is 2.17. The fraction of sp³-hybridized carbons (Fsp3) is 0.188. The molecule has 2 nitrogen and oxygen atoms in total. The van der Waals surface area contributed by atoms with E-state index in [-0.39, 0.29) is 0 Å². The third-order valence-electron chi connectivity index (χ3n) is 2.65. The van der Waals surface area contributed by atoms with Crippen molar-refractivity contribution in [1.82, 2.24) is 0 Å². The number of para-hydroxylation sites is 1. The van der Waals surface area contributed by atoms with Gasteiger partial charge in [0.1, 0.15) is 5.84 Å². The number of nitrogens with one attached hydrogen (secondary N) is 1. The van der Waals surface area contributed by atoms with Gasteiger partial charge in [0.2, 0.25) is 0 Å². The van der Waals surface area contributed by atoms with Gasteiger partial charge in [0.15, 0.2) is 0 Å². The molecule has 0 bridgehead atoms. The predicted octanol–water partition coefficient (Wildman–Crippen LogP) is 3.91. The summed E-state index contributed by atoms with van der Waals surface area (Å²) < 4.78 is 0. The first-order valence-electron chi connectivity index (χ1n) is 6.31. The minimum atomic E-state index is 0.825. The van der Waals surface area contributed by atoms with Gasteiger partial charge in [-0.3, -0.25) is 4.99 Å². The summed E-state index contributed by atoms with van der Waals surface area (Å²) in [6.45, 7) is 0.825. The van der Waals surface area contributed by atoms with Crippen LogP contribution in [0.3, 0.4) is 0 Å².